The molecule has 12 heteroatoms. The average Bonchev–Trinajstić information content (AvgIpc) is 2.46. The Labute approximate surface area is 124 Å². The van der Waals surface area contributed by atoms with Gasteiger partial charge in [-0.1, -0.05) is 0 Å². The lowest BCUT2D eigenvalue weighted by Gasteiger charge is -2.24. The van der Waals surface area contributed by atoms with Crippen LogP contribution >= 0.6 is 0 Å². The molecule has 1 rings (SSSR count). The molecule has 0 aliphatic carbocycles. The molecule has 1 N–H and O–H groups in total. The Balaban J connectivity index is 3.97. The highest BCUT2D eigenvalue weighted by Crippen LogP contribution is 2.37. The molecule has 0 spiro atoms. The summed E-state index contributed by atoms with van der Waals surface area (Å²) < 4.78 is 101. The lowest BCUT2D eigenvalue weighted by Crippen LogP contribution is -2.40. The average molecular weight is 365 g/mol. The summed E-state index contributed by atoms with van der Waals surface area (Å²) in [4.78, 5) is 0. The number of hydrogen-bond donors (Lipinski definition) is 1. The van der Waals surface area contributed by atoms with Crippen molar-refractivity contribution in [2.75, 3.05) is 15.2 Å². The normalized spacial score (nSPS) is 12.5. The van der Waals surface area contributed by atoms with Crippen LogP contribution in [-0.4, -0.2) is 33.4 Å². The fourth-order valence-electron chi connectivity index (χ4n) is 1.45. The Morgan fingerprint density at radius 1 is 0.818 bits per heavy atom. The van der Waals surface area contributed by atoms with Gasteiger partial charge >= 0.3 is 0 Å². The van der Waals surface area contributed by atoms with Crippen LogP contribution < -0.4 is 3.71 Å². The SMILES string of the molecule is CCS(=O)(=O)N(c1c(F)c(F)c(O)c(F)c1F)S(=O)(=O)CC. The molecule has 0 amide bonds. The zero-order valence-corrected chi connectivity index (χ0v) is 12.9. The first-order valence-electron chi connectivity index (χ1n) is 5.73. The fourth-order valence-corrected chi connectivity index (χ4v) is 4.82. The summed E-state index contributed by atoms with van der Waals surface area (Å²) in [6.45, 7) is 1.94. The molecule has 22 heavy (non-hydrogen) atoms. The minimum atomic E-state index is -4.82. The number of benzene rings is 1. The summed E-state index contributed by atoms with van der Waals surface area (Å²) in [6.07, 6.45) is 0. The molecule has 0 aromatic heterocycles. The molecule has 0 saturated heterocycles. The maximum absolute atomic E-state index is 13.8. The highest BCUT2D eigenvalue weighted by Gasteiger charge is 2.39. The third kappa shape index (κ3) is 2.84. The van der Waals surface area contributed by atoms with Crippen molar-refractivity contribution in [3.05, 3.63) is 23.3 Å². The summed E-state index contributed by atoms with van der Waals surface area (Å²) >= 11 is 0. The maximum Gasteiger partial charge on any atom is 0.248 e. The summed E-state index contributed by atoms with van der Waals surface area (Å²) in [6, 6.07) is 0. The van der Waals surface area contributed by atoms with Crippen LogP contribution in [-0.2, 0) is 20.0 Å². The standard InChI is InChI=1S/C10H11F4NO5S2/c1-3-21(17,18)15(22(19,20)4-2)9-5(11)7(13)10(16)8(14)6(9)12/h16H,3-4H2,1-2H3. The van der Waals surface area contributed by atoms with E-state index in [1.807, 2.05) is 0 Å². The molecule has 0 heterocycles. The van der Waals surface area contributed by atoms with E-state index in [0.717, 1.165) is 13.8 Å². The van der Waals surface area contributed by atoms with Gasteiger partial charge in [0.15, 0.2) is 17.4 Å². The van der Waals surface area contributed by atoms with E-state index in [0.29, 0.717) is 0 Å². The van der Waals surface area contributed by atoms with Gasteiger partial charge in [0.1, 0.15) is 5.69 Å². The second kappa shape index (κ2) is 5.91. The molecule has 6 nitrogen and oxygen atoms in total. The number of phenolic OH excluding ortho intramolecular Hbond substituents is 1. The molecule has 0 aliphatic heterocycles. The van der Waals surface area contributed by atoms with Gasteiger partial charge in [-0.25, -0.2) is 25.6 Å². The number of hydrogen-bond acceptors (Lipinski definition) is 5. The monoisotopic (exact) mass is 365 g/mol. The lowest BCUT2D eigenvalue weighted by molar-refractivity contribution is 0.358. The summed E-state index contributed by atoms with van der Waals surface area (Å²) in [5.74, 6) is -13.1. The predicted octanol–water partition coefficient (Wildman–Crippen LogP) is 1.45. The van der Waals surface area contributed by atoms with E-state index < -0.39 is 70.0 Å². The number of anilines is 1. The van der Waals surface area contributed by atoms with Crippen LogP contribution in [0.15, 0.2) is 0 Å². The van der Waals surface area contributed by atoms with Gasteiger partial charge in [0.25, 0.3) is 0 Å². The van der Waals surface area contributed by atoms with Crippen LogP contribution in [0.25, 0.3) is 0 Å². The first kappa shape index (κ1) is 18.5. The molecule has 1 aromatic carbocycles. The molecule has 0 radical (unpaired) electrons. The Hall–Kier alpha value is -1.56. The molecule has 126 valence electrons. The Kier molecular flexibility index (Phi) is 4.97. The van der Waals surface area contributed by atoms with Crippen molar-refractivity contribution in [3.63, 3.8) is 0 Å². The van der Waals surface area contributed by atoms with Crippen LogP contribution in [0.1, 0.15) is 13.8 Å². The topological polar surface area (TPSA) is 91.8 Å². The second-order valence-electron chi connectivity index (χ2n) is 3.95. The van der Waals surface area contributed by atoms with Crippen molar-refractivity contribution < 1.29 is 39.5 Å². The first-order valence-corrected chi connectivity index (χ1v) is 8.94. The van der Waals surface area contributed by atoms with Gasteiger partial charge in [0, 0.05) is 0 Å². The van der Waals surface area contributed by atoms with E-state index >= 15 is 0 Å². The van der Waals surface area contributed by atoms with Crippen molar-refractivity contribution in [2.45, 2.75) is 13.8 Å². The van der Waals surface area contributed by atoms with Crippen LogP contribution in [0, 0.1) is 23.3 Å². The molecule has 0 bridgehead atoms. The van der Waals surface area contributed by atoms with Crippen LogP contribution in [0.4, 0.5) is 23.2 Å². The number of aromatic hydroxyl groups is 1. The molecular formula is C10H11F4NO5S2. The van der Waals surface area contributed by atoms with Gasteiger partial charge in [-0.15, -0.1) is 0 Å². The molecule has 0 unspecified atom stereocenters. The highest BCUT2D eigenvalue weighted by molar-refractivity contribution is 8.10. The van der Waals surface area contributed by atoms with E-state index in [1.165, 1.54) is 0 Å². The van der Waals surface area contributed by atoms with Crippen LogP contribution in [0.2, 0.25) is 0 Å². The largest absolute Gasteiger partial charge is 0.503 e. The zero-order valence-electron chi connectivity index (χ0n) is 11.3. The predicted molar refractivity (Wildman–Crippen MR) is 69.3 cm³/mol. The van der Waals surface area contributed by atoms with E-state index in [4.69, 9.17) is 5.11 Å². The minimum absolute atomic E-state index is 0.698. The van der Waals surface area contributed by atoms with Gasteiger partial charge in [0.2, 0.25) is 31.7 Å². The first-order chi connectivity index (χ1) is 9.92. The van der Waals surface area contributed by atoms with Crippen LogP contribution in [0.5, 0.6) is 5.75 Å². The van der Waals surface area contributed by atoms with Crippen LogP contribution in [0.3, 0.4) is 0 Å². The molecular weight excluding hydrogens is 354 g/mol. The zero-order chi connectivity index (χ0) is 17.5. The van der Waals surface area contributed by atoms with E-state index in [1.54, 1.807) is 0 Å². The second-order valence-corrected chi connectivity index (χ2v) is 8.40. The number of sulfonamides is 2. The van der Waals surface area contributed by atoms with Crippen molar-refractivity contribution in [3.8, 4) is 5.75 Å². The summed E-state index contributed by atoms with van der Waals surface area (Å²) in [7, 11) is -9.65. The van der Waals surface area contributed by atoms with Gasteiger partial charge in [0.05, 0.1) is 11.5 Å². The van der Waals surface area contributed by atoms with E-state index in [-0.39, 0.29) is 0 Å². The molecule has 0 atom stereocenters. The number of halogens is 4. The smallest absolute Gasteiger partial charge is 0.248 e. The van der Waals surface area contributed by atoms with Gasteiger partial charge < -0.3 is 5.11 Å². The Bertz CT molecular complexity index is 744. The van der Waals surface area contributed by atoms with E-state index in [9.17, 15) is 34.4 Å². The van der Waals surface area contributed by atoms with Crippen molar-refractivity contribution in [2.24, 2.45) is 0 Å². The lowest BCUT2D eigenvalue weighted by atomic mass is 10.2. The van der Waals surface area contributed by atoms with Gasteiger partial charge in [-0.3, -0.25) is 0 Å². The Morgan fingerprint density at radius 2 is 1.14 bits per heavy atom. The minimum Gasteiger partial charge on any atom is -0.503 e. The third-order valence-corrected chi connectivity index (χ3v) is 6.83. The van der Waals surface area contributed by atoms with Crippen molar-refractivity contribution in [1.29, 1.82) is 0 Å². The van der Waals surface area contributed by atoms with Gasteiger partial charge in [-0.2, -0.15) is 12.5 Å². The van der Waals surface area contributed by atoms with Crippen molar-refractivity contribution in [1.82, 2.24) is 0 Å². The van der Waals surface area contributed by atoms with E-state index in [2.05, 4.69) is 0 Å². The fraction of sp³-hybridized carbons (Fsp3) is 0.400. The maximum atomic E-state index is 13.8. The Morgan fingerprint density at radius 3 is 1.41 bits per heavy atom. The number of nitrogens with zero attached hydrogens (tertiary/aromatic N) is 1. The summed E-state index contributed by atoms with van der Waals surface area (Å²) in [5.41, 5.74) is -1.96. The molecule has 0 saturated carbocycles. The van der Waals surface area contributed by atoms with Crippen molar-refractivity contribution >= 4 is 25.7 Å². The number of rotatable bonds is 5. The van der Waals surface area contributed by atoms with Gasteiger partial charge in [-0.05, 0) is 13.8 Å². The molecule has 0 fully saturated rings. The quantitative estimate of drug-likeness (QED) is 0.630. The summed E-state index contributed by atoms with van der Waals surface area (Å²) in [5, 5.41) is 8.85. The third-order valence-electron chi connectivity index (χ3n) is 2.63. The highest BCUT2D eigenvalue weighted by atomic mass is 32.3. The number of phenols is 1. The molecule has 1 aromatic rings. The molecule has 0 aliphatic rings.